The van der Waals surface area contributed by atoms with E-state index in [2.05, 4.69) is 26.1 Å². The highest BCUT2D eigenvalue weighted by Gasteiger charge is 2.37. The summed E-state index contributed by atoms with van der Waals surface area (Å²) in [5.74, 6) is 0. The average molecular weight is 354 g/mol. The molecule has 21 heavy (non-hydrogen) atoms. The van der Waals surface area contributed by atoms with E-state index < -0.39 is 0 Å². The van der Waals surface area contributed by atoms with E-state index >= 15 is 0 Å². The SMILES string of the molecule is O=[N+]([O-])c1cc(Br)ccc1N1CCCC2(CCCNC2)C1. The zero-order valence-corrected chi connectivity index (χ0v) is 13.6. The monoisotopic (exact) mass is 353 g/mol. The van der Waals surface area contributed by atoms with Crippen LogP contribution >= 0.6 is 15.9 Å². The Balaban J connectivity index is 1.88. The van der Waals surface area contributed by atoms with E-state index in [1.165, 1.54) is 19.3 Å². The summed E-state index contributed by atoms with van der Waals surface area (Å²) in [4.78, 5) is 13.3. The van der Waals surface area contributed by atoms with Crippen LogP contribution in [-0.4, -0.2) is 31.1 Å². The summed E-state index contributed by atoms with van der Waals surface area (Å²) in [6, 6.07) is 5.37. The molecule has 2 aliphatic heterocycles. The molecule has 0 aliphatic carbocycles. The molecule has 1 aromatic rings. The topological polar surface area (TPSA) is 58.4 Å². The van der Waals surface area contributed by atoms with Crippen molar-refractivity contribution in [3.8, 4) is 0 Å². The maximum absolute atomic E-state index is 11.3. The number of nitrogens with zero attached hydrogens (tertiary/aromatic N) is 2. The summed E-state index contributed by atoms with van der Waals surface area (Å²) >= 11 is 3.33. The first kappa shape index (κ1) is 14.8. The van der Waals surface area contributed by atoms with Crippen molar-refractivity contribution in [2.75, 3.05) is 31.1 Å². The molecular formula is C15H20BrN3O2. The number of nitro groups is 1. The molecule has 0 amide bonds. The lowest BCUT2D eigenvalue weighted by atomic mass is 9.74. The maximum atomic E-state index is 11.3. The molecule has 1 aromatic carbocycles. The van der Waals surface area contributed by atoms with Gasteiger partial charge in [0.1, 0.15) is 5.69 Å². The molecule has 2 heterocycles. The molecule has 6 heteroatoms. The molecule has 0 saturated carbocycles. The van der Waals surface area contributed by atoms with Crippen molar-refractivity contribution in [2.24, 2.45) is 5.41 Å². The second-order valence-corrected chi connectivity index (χ2v) is 7.11. The second-order valence-electron chi connectivity index (χ2n) is 6.20. The predicted octanol–water partition coefficient (Wildman–Crippen LogP) is 3.33. The molecule has 1 spiro atoms. The molecule has 1 unspecified atom stereocenters. The Morgan fingerprint density at radius 3 is 2.86 bits per heavy atom. The minimum absolute atomic E-state index is 0.199. The number of anilines is 1. The number of rotatable bonds is 2. The van der Waals surface area contributed by atoms with Gasteiger partial charge < -0.3 is 10.2 Å². The summed E-state index contributed by atoms with van der Waals surface area (Å²) in [6.07, 6.45) is 4.76. The first-order chi connectivity index (χ1) is 10.1. The molecule has 2 aliphatic rings. The van der Waals surface area contributed by atoms with Crippen molar-refractivity contribution < 1.29 is 4.92 Å². The average Bonchev–Trinajstić information content (AvgIpc) is 2.48. The molecule has 5 nitrogen and oxygen atoms in total. The van der Waals surface area contributed by atoms with Gasteiger partial charge in [-0.05, 0) is 44.4 Å². The minimum atomic E-state index is -0.277. The van der Waals surface area contributed by atoms with E-state index in [-0.39, 0.29) is 16.0 Å². The maximum Gasteiger partial charge on any atom is 0.293 e. The van der Waals surface area contributed by atoms with Crippen LogP contribution in [0.25, 0.3) is 0 Å². The summed E-state index contributed by atoms with van der Waals surface area (Å²) in [5.41, 5.74) is 1.25. The third-order valence-corrected chi connectivity index (χ3v) is 5.19. The van der Waals surface area contributed by atoms with Crippen LogP contribution in [0.2, 0.25) is 0 Å². The van der Waals surface area contributed by atoms with Crippen LogP contribution in [0.4, 0.5) is 11.4 Å². The van der Waals surface area contributed by atoms with Gasteiger partial charge in [-0.15, -0.1) is 0 Å². The van der Waals surface area contributed by atoms with Crippen LogP contribution in [-0.2, 0) is 0 Å². The Hall–Kier alpha value is -1.14. The first-order valence-electron chi connectivity index (χ1n) is 7.49. The van der Waals surface area contributed by atoms with Gasteiger partial charge in [0.2, 0.25) is 0 Å². The molecule has 3 rings (SSSR count). The van der Waals surface area contributed by atoms with Crippen LogP contribution in [0.15, 0.2) is 22.7 Å². The van der Waals surface area contributed by atoms with Crippen molar-refractivity contribution in [2.45, 2.75) is 25.7 Å². The highest BCUT2D eigenvalue weighted by molar-refractivity contribution is 9.10. The van der Waals surface area contributed by atoms with Gasteiger partial charge in [0, 0.05) is 35.6 Å². The number of halogens is 1. The van der Waals surface area contributed by atoms with E-state index in [1.807, 2.05) is 12.1 Å². The molecule has 2 fully saturated rings. The first-order valence-corrected chi connectivity index (χ1v) is 8.29. The van der Waals surface area contributed by atoms with Crippen LogP contribution in [0.1, 0.15) is 25.7 Å². The van der Waals surface area contributed by atoms with E-state index in [0.717, 1.165) is 42.8 Å². The van der Waals surface area contributed by atoms with Crippen LogP contribution in [0.5, 0.6) is 0 Å². The smallest absolute Gasteiger partial charge is 0.293 e. The van der Waals surface area contributed by atoms with Gasteiger partial charge in [0.25, 0.3) is 5.69 Å². The summed E-state index contributed by atoms with van der Waals surface area (Å²) in [5, 5.41) is 14.8. The quantitative estimate of drug-likeness (QED) is 0.654. The molecule has 0 aromatic heterocycles. The number of hydrogen-bond acceptors (Lipinski definition) is 4. The molecule has 114 valence electrons. The molecular weight excluding hydrogens is 334 g/mol. The Morgan fingerprint density at radius 1 is 1.33 bits per heavy atom. The van der Waals surface area contributed by atoms with E-state index in [1.54, 1.807) is 6.07 Å². The number of benzene rings is 1. The van der Waals surface area contributed by atoms with E-state index in [0.29, 0.717) is 0 Å². The number of nitrogens with one attached hydrogen (secondary N) is 1. The predicted molar refractivity (Wildman–Crippen MR) is 86.8 cm³/mol. The molecule has 1 N–H and O–H groups in total. The lowest BCUT2D eigenvalue weighted by Gasteiger charge is -2.46. The lowest BCUT2D eigenvalue weighted by Crippen LogP contribution is -2.51. The van der Waals surface area contributed by atoms with Gasteiger partial charge >= 0.3 is 0 Å². The lowest BCUT2D eigenvalue weighted by molar-refractivity contribution is -0.384. The van der Waals surface area contributed by atoms with Gasteiger partial charge in [-0.1, -0.05) is 15.9 Å². The number of hydrogen-bond donors (Lipinski definition) is 1. The molecule has 1 atom stereocenters. The van der Waals surface area contributed by atoms with Crippen LogP contribution in [0, 0.1) is 15.5 Å². The van der Waals surface area contributed by atoms with Crippen LogP contribution < -0.4 is 10.2 Å². The van der Waals surface area contributed by atoms with Gasteiger partial charge in [0.05, 0.1) is 4.92 Å². The molecule has 0 bridgehead atoms. The minimum Gasteiger partial charge on any atom is -0.365 e. The van der Waals surface area contributed by atoms with Crippen molar-refractivity contribution in [3.05, 3.63) is 32.8 Å². The third kappa shape index (κ3) is 3.06. The van der Waals surface area contributed by atoms with Gasteiger partial charge in [-0.25, -0.2) is 0 Å². The fraction of sp³-hybridized carbons (Fsp3) is 0.600. The Bertz CT molecular complexity index is 538. The van der Waals surface area contributed by atoms with Gasteiger partial charge in [-0.3, -0.25) is 10.1 Å². The Labute approximate surface area is 133 Å². The Kier molecular flexibility index (Phi) is 4.17. The van der Waals surface area contributed by atoms with Gasteiger partial charge in [0.15, 0.2) is 0 Å². The highest BCUT2D eigenvalue weighted by Crippen LogP contribution is 2.40. The largest absolute Gasteiger partial charge is 0.365 e. The standard InChI is InChI=1S/C15H20BrN3O2/c16-12-3-4-13(14(9-12)19(20)21)18-8-2-6-15(11-18)5-1-7-17-10-15/h3-4,9,17H,1-2,5-8,10-11H2. The fourth-order valence-electron chi connectivity index (χ4n) is 3.70. The summed E-state index contributed by atoms with van der Waals surface area (Å²) in [7, 11) is 0. The van der Waals surface area contributed by atoms with Crippen molar-refractivity contribution in [1.82, 2.24) is 5.32 Å². The summed E-state index contributed by atoms with van der Waals surface area (Å²) < 4.78 is 0.754. The van der Waals surface area contributed by atoms with E-state index in [9.17, 15) is 10.1 Å². The van der Waals surface area contributed by atoms with E-state index in [4.69, 9.17) is 0 Å². The van der Waals surface area contributed by atoms with Crippen LogP contribution in [0.3, 0.4) is 0 Å². The second kappa shape index (κ2) is 5.93. The zero-order chi connectivity index (χ0) is 14.9. The molecule has 0 radical (unpaired) electrons. The van der Waals surface area contributed by atoms with Gasteiger partial charge in [-0.2, -0.15) is 0 Å². The Morgan fingerprint density at radius 2 is 2.14 bits per heavy atom. The third-order valence-electron chi connectivity index (χ3n) is 4.70. The van der Waals surface area contributed by atoms with Crippen molar-refractivity contribution in [3.63, 3.8) is 0 Å². The molecule has 2 saturated heterocycles. The highest BCUT2D eigenvalue weighted by atomic mass is 79.9. The number of nitro benzene ring substituents is 1. The zero-order valence-electron chi connectivity index (χ0n) is 12.0. The van der Waals surface area contributed by atoms with Crippen molar-refractivity contribution in [1.29, 1.82) is 0 Å². The normalized spacial score (nSPS) is 26.0. The number of piperidine rings is 2. The fourth-order valence-corrected chi connectivity index (χ4v) is 4.05. The van der Waals surface area contributed by atoms with Crippen molar-refractivity contribution >= 4 is 27.3 Å². The summed E-state index contributed by atoms with van der Waals surface area (Å²) in [6.45, 7) is 3.96.